The van der Waals surface area contributed by atoms with Crippen LogP contribution in [-0.2, 0) is 4.79 Å². The summed E-state index contributed by atoms with van der Waals surface area (Å²) in [4.78, 5) is 10.1. The Bertz CT molecular complexity index is 277. The highest BCUT2D eigenvalue weighted by molar-refractivity contribution is 5.48. The van der Waals surface area contributed by atoms with E-state index in [9.17, 15) is 9.90 Å². The number of allylic oxidation sites excluding steroid dienone is 3. The van der Waals surface area contributed by atoms with Crippen LogP contribution in [0.4, 0.5) is 0 Å². The minimum atomic E-state index is -0.668. The Morgan fingerprint density at radius 1 is 0.950 bits per heavy atom. The predicted octanol–water partition coefficient (Wildman–Crippen LogP) is 4.97. The number of carbonyl (C=O) groups excluding carboxylic acids is 1. The SMILES string of the molecule is CCCCC(C)(O)/C=C/C=C\CCCCCCCC=O. The molecule has 0 aliphatic rings. The Kier molecular flexibility index (Phi) is 12.5. The van der Waals surface area contributed by atoms with Crippen LogP contribution in [-0.4, -0.2) is 17.0 Å². The molecule has 0 radical (unpaired) electrons. The lowest BCUT2D eigenvalue weighted by molar-refractivity contribution is -0.107. The van der Waals surface area contributed by atoms with Crippen LogP contribution in [0.2, 0.25) is 0 Å². The normalized spacial score (nSPS) is 14.9. The number of aliphatic hydroxyl groups is 1. The van der Waals surface area contributed by atoms with Crippen molar-refractivity contribution in [2.24, 2.45) is 0 Å². The zero-order valence-corrected chi connectivity index (χ0v) is 13.3. The van der Waals surface area contributed by atoms with E-state index < -0.39 is 5.60 Å². The van der Waals surface area contributed by atoms with Crippen molar-refractivity contribution >= 4 is 6.29 Å². The van der Waals surface area contributed by atoms with Gasteiger partial charge in [0.15, 0.2) is 0 Å². The molecule has 0 saturated carbocycles. The molecular formula is C18H32O2. The van der Waals surface area contributed by atoms with E-state index in [4.69, 9.17) is 0 Å². The lowest BCUT2D eigenvalue weighted by Crippen LogP contribution is -2.19. The van der Waals surface area contributed by atoms with E-state index in [1.807, 2.05) is 25.2 Å². The summed E-state index contributed by atoms with van der Waals surface area (Å²) in [5.74, 6) is 0. The molecule has 20 heavy (non-hydrogen) atoms. The summed E-state index contributed by atoms with van der Waals surface area (Å²) in [6.45, 7) is 4.00. The van der Waals surface area contributed by atoms with Gasteiger partial charge in [-0.3, -0.25) is 0 Å². The quantitative estimate of drug-likeness (QED) is 0.294. The molecule has 0 aromatic heterocycles. The Morgan fingerprint density at radius 2 is 1.60 bits per heavy atom. The second-order valence-electron chi connectivity index (χ2n) is 5.76. The second kappa shape index (κ2) is 13.1. The van der Waals surface area contributed by atoms with Crippen molar-refractivity contribution in [3.63, 3.8) is 0 Å². The third-order valence-electron chi connectivity index (χ3n) is 3.43. The molecule has 0 amide bonds. The van der Waals surface area contributed by atoms with Crippen LogP contribution >= 0.6 is 0 Å². The van der Waals surface area contributed by atoms with Gasteiger partial charge in [0.1, 0.15) is 6.29 Å². The average molecular weight is 280 g/mol. The largest absolute Gasteiger partial charge is 0.386 e. The molecule has 0 bridgehead atoms. The Labute approximate surface area is 125 Å². The van der Waals surface area contributed by atoms with Gasteiger partial charge < -0.3 is 9.90 Å². The standard InChI is InChI=1S/C18H32O2/c1-3-4-15-18(2,20)16-13-11-9-7-5-6-8-10-12-14-17-19/h9,11,13,16-17,20H,3-8,10,12,14-15H2,1-2H3/b11-9-,16-13+. The first kappa shape index (κ1) is 19.1. The van der Waals surface area contributed by atoms with Crippen LogP contribution in [0.3, 0.4) is 0 Å². The van der Waals surface area contributed by atoms with Crippen molar-refractivity contribution in [2.45, 2.75) is 83.7 Å². The monoisotopic (exact) mass is 280 g/mol. The summed E-state index contributed by atoms with van der Waals surface area (Å²) < 4.78 is 0. The molecule has 116 valence electrons. The second-order valence-corrected chi connectivity index (χ2v) is 5.76. The highest BCUT2D eigenvalue weighted by Gasteiger charge is 2.13. The van der Waals surface area contributed by atoms with Crippen LogP contribution in [0.25, 0.3) is 0 Å². The van der Waals surface area contributed by atoms with Gasteiger partial charge in [-0.25, -0.2) is 0 Å². The Balaban J connectivity index is 3.53. The van der Waals surface area contributed by atoms with E-state index in [1.54, 1.807) is 0 Å². The zero-order valence-electron chi connectivity index (χ0n) is 13.3. The zero-order chi connectivity index (χ0) is 15.1. The molecule has 1 unspecified atom stereocenters. The minimum Gasteiger partial charge on any atom is -0.386 e. The predicted molar refractivity (Wildman–Crippen MR) is 86.8 cm³/mol. The highest BCUT2D eigenvalue weighted by atomic mass is 16.3. The number of carbonyl (C=O) groups is 1. The maximum absolute atomic E-state index is 10.1. The first-order valence-corrected chi connectivity index (χ1v) is 8.13. The number of aldehydes is 1. The summed E-state index contributed by atoms with van der Waals surface area (Å²) in [7, 11) is 0. The molecule has 0 aromatic carbocycles. The number of rotatable bonds is 13. The fourth-order valence-corrected chi connectivity index (χ4v) is 2.08. The summed E-state index contributed by atoms with van der Waals surface area (Å²) in [6.07, 6.45) is 19.7. The summed E-state index contributed by atoms with van der Waals surface area (Å²) in [5.41, 5.74) is -0.668. The highest BCUT2D eigenvalue weighted by Crippen LogP contribution is 2.15. The van der Waals surface area contributed by atoms with Crippen molar-refractivity contribution in [3.8, 4) is 0 Å². The van der Waals surface area contributed by atoms with Gasteiger partial charge in [-0.1, -0.05) is 63.3 Å². The van der Waals surface area contributed by atoms with Crippen LogP contribution in [0.1, 0.15) is 78.1 Å². The van der Waals surface area contributed by atoms with Crippen LogP contribution in [0.5, 0.6) is 0 Å². The van der Waals surface area contributed by atoms with Crippen molar-refractivity contribution in [3.05, 3.63) is 24.3 Å². The summed E-state index contributed by atoms with van der Waals surface area (Å²) in [6, 6.07) is 0. The summed E-state index contributed by atoms with van der Waals surface area (Å²) >= 11 is 0. The molecule has 0 aliphatic carbocycles. The van der Waals surface area contributed by atoms with Gasteiger partial charge in [0.2, 0.25) is 0 Å². The smallest absolute Gasteiger partial charge is 0.119 e. The van der Waals surface area contributed by atoms with Crippen LogP contribution < -0.4 is 0 Å². The Hall–Kier alpha value is -0.890. The lowest BCUT2D eigenvalue weighted by Gasteiger charge is -2.17. The third kappa shape index (κ3) is 13.5. The molecule has 1 N–H and O–H groups in total. The average Bonchev–Trinajstić information content (AvgIpc) is 2.42. The molecule has 0 aliphatic heterocycles. The van der Waals surface area contributed by atoms with Crippen molar-refractivity contribution < 1.29 is 9.90 Å². The van der Waals surface area contributed by atoms with Gasteiger partial charge in [0.25, 0.3) is 0 Å². The van der Waals surface area contributed by atoms with Crippen molar-refractivity contribution in [1.29, 1.82) is 0 Å². The molecule has 0 aromatic rings. The molecule has 0 rings (SSSR count). The lowest BCUT2D eigenvalue weighted by atomic mass is 9.99. The fourth-order valence-electron chi connectivity index (χ4n) is 2.08. The molecule has 1 atom stereocenters. The van der Waals surface area contributed by atoms with Gasteiger partial charge in [-0.15, -0.1) is 0 Å². The van der Waals surface area contributed by atoms with E-state index in [1.165, 1.54) is 25.7 Å². The first-order chi connectivity index (χ1) is 9.62. The van der Waals surface area contributed by atoms with E-state index in [0.717, 1.165) is 38.4 Å². The van der Waals surface area contributed by atoms with Gasteiger partial charge in [0, 0.05) is 6.42 Å². The molecular weight excluding hydrogens is 248 g/mol. The molecule has 0 heterocycles. The number of unbranched alkanes of at least 4 members (excludes halogenated alkanes) is 7. The van der Waals surface area contributed by atoms with Gasteiger partial charge in [-0.05, 0) is 32.6 Å². The number of hydrogen-bond acceptors (Lipinski definition) is 2. The topological polar surface area (TPSA) is 37.3 Å². The molecule has 2 nitrogen and oxygen atoms in total. The summed E-state index contributed by atoms with van der Waals surface area (Å²) in [5, 5.41) is 10.0. The van der Waals surface area contributed by atoms with E-state index in [2.05, 4.69) is 13.0 Å². The minimum absolute atomic E-state index is 0.668. The number of hydrogen-bond donors (Lipinski definition) is 1. The first-order valence-electron chi connectivity index (χ1n) is 8.13. The Morgan fingerprint density at radius 3 is 2.25 bits per heavy atom. The molecule has 0 saturated heterocycles. The van der Waals surface area contributed by atoms with E-state index in [-0.39, 0.29) is 0 Å². The van der Waals surface area contributed by atoms with Gasteiger partial charge in [-0.2, -0.15) is 0 Å². The van der Waals surface area contributed by atoms with Gasteiger partial charge in [0.05, 0.1) is 5.60 Å². The maximum atomic E-state index is 10.1. The molecule has 0 spiro atoms. The van der Waals surface area contributed by atoms with Crippen LogP contribution in [0.15, 0.2) is 24.3 Å². The van der Waals surface area contributed by atoms with E-state index >= 15 is 0 Å². The van der Waals surface area contributed by atoms with Gasteiger partial charge >= 0.3 is 0 Å². The van der Waals surface area contributed by atoms with Crippen molar-refractivity contribution in [2.75, 3.05) is 0 Å². The van der Waals surface area contributed by atoms with E-state index in [0.29, 0.717) is 6.42 Å². The molecule has 0 fully saturated rings. The molecule has 2 heteroatoms. The van der Waals surface area contributed by atoms with Crippen LogP contribution in [0, 0.1) is 0 Å². The third-order valence-corrected chi connectivity index (χ3v) is 3.43. The fraction of sp³-hybridized carbons (Fsp3) is 0.722. The maximum Gasteiger partial charge on any atom is 0.119 e. The van der Waals surface area contributed by atoms with Crippen molar-refractivity contribution in [1.82, 2.24) is 0 Å².